The first-order valence-corrected chi connectivity index (χ1v) is 6.31. The van der Waals surface area contributed by atoms with Crippen LogP contribution in [0.3, 0.4) is 0 Å². The Bertz CT molecular complexity index is 293. The molecule has 1 aliphatic rings. The molecule has 1 heterocycles. The van der Waals surface area contributed by atoms with E-state index < -0.39 is 6.04 Å². The molecule has 98 valence electrons. The SMILES string of the molecule is CCC(C)C(N)C(=O)N1CCCC1C(=O)CN. The number of amides is 1. The summed E-state index contributed by atoms with van der Waals surface area (Å²) in [6.07, 6.45) is 2.43. The molecule has 4 N–H and O–H groups in total. The number of hydrogen-bond acceptors (Lipinski definition) is 4. The summed E-state index contributed by atoms with van der Waals surface area (Å²) in [5, 5.41) is 0. The van der Waals surface area contributed by atoms with E-state index >= 15 is 0 Å². The number of carbonyl (C=O) groups is 2. The number of rotatable bonds is 5. The van der Waals surface area contributed by atoms with Gasteiger partial charge in [-0.05, 0) is 18.8 Å². The van der Waals surface area contributed by atoms with Crippen LogP contribution in [0.4, 0.5) is 0 Å². The predicted molar refractivity (Wildman–Crippen MR) is 66.2 cm³/mol. The molecule has 0 spiro atoms. The van der Waals surface area contributed by atoms with Crippen molar-refractivity contribution in [3.05, 3.63) is 0 Å². The monoisotopic (exact) mass is 241 g/mol. The third-order valence-corrected chi connectivity index (χ3v) is 3.65. The molecule has 0 aromatic rings. The Labute approximate surface area is 103 Å². The van der Waals surface area contributed by atoms with Crippen molar-refractivity contribution in [2.75, 3.05) is 13.1 Å². The zero-order valence-corrected chi connectivity index (χ0v) is 10.7. The van der Waals surface area contributed by atoms with Crippen molar-refractivity contribution < 1.29 is 9.59 Å². The minimum Gasteiger partial charge on any atom is -0.331 e. The fourth-order valence-electron chi connectivity index (χ4n) is 2.19. The Morgan fingerprint density at radius 1 is 1.47 bits per heavy atom. The Hall–Kier alpha value is -0.940. The zero-order chi connectivity index (χ0) is 13.0. The zero-order valence-electron chi connectivity index (χ0n) is 10.7. The fourth-order valence-corrected chi connectivity index (χ4v) is 2.19. The molecule has 0 aliphatic carbocycles. The molecule has 0 saturated carbocycles. The molecule has 1 aliphatic heterocycles. The van der Waals surface area contributed by atoms with Crippen LogP contribution >= 0.6 is 0 Å². The number of likely N-dealkylation sites (tertiary alicyclic amines) is 1. The summed E-state index contributed by atoms with van der Waals surface area (Å²) in [7, 11) is 0. The van der Waals surface area contributed by atoms with Crippen LogP contribution in [-0.2, 0) is 9.59 Å². The van der Waals surface area contributed by atoms with Gasteiger partial charge in [-0.15, -0.1) is 0 Å². The van der Waals surface area contributed by atoms with Gasteiger partial charge in [0.2, 0.25) is 5.91 Å². The van der Waals surface area contributed by atoms with Gasteiger partial charge in [0.25, 0.3) is 0 Å². The van der Waals surface area contributed by atoms with Gasteiger partial charge in [0.05, 0.1) is 18.6 Å². The maximum atomic E-state index is 12.2. The number of Topliss-reactive ketones (excluding diaryl/α,β-unsaturated/α-hetero) is 1. The van der Waals surface area contributed by atoms with E-state index in [0.717, 1.165) is 19.3 Å². The van der Waals surface area contributed by atoms with Gasteiger partial charge in [0, 0.05) is 6.54 Å². The number of hydrogen-bond donors (Lipinski definition) is 2. The molecule has 1 rings (SSSR count). The largest absolute Gasteiger partial charge is 0.331 e. The molecule has 0 aromatic carbocycles. The quantitative estimate of drug-likeness (QED) is 0.702. The third kappa shape index (κ3) is 3.04. The Morgan fingerprint density at radius 3 is 2.65 bits per heavy atom. The lowest BCUT2D eigenvalue weighted by Gasteiger charge is -2.28. The van der Waals surface area contributed by atoms with E-state index in [1.807, 2.05) is 13.8 Å². The number of ketones is 1. The van der Waals surface area contributed by atoms with Crippen molar-refractivity contribution in [3.63, 3.8) is 0 Å². The average molecular weight is 241 g/mol. The summed E-state index contributed by atoms with van der Waals surface area (Å²) in [5.74, 6) is -0.0346. The normalized spacial score (nSPS) is 23.5. The lowest BCUT2D eigenvalue weighted by molar-refractivity contribution is -0.139. The lowest BCUT2D eigenvalue weighted by atomic mass is 9.98. The molecule has 1 fully saturated rings. The molecule has 5 heteroatoms. The lowest BCUT2D eigenvalue weighted by Crippen LogP contribution is -2.51. The van der Waals surface area contributed by atoms with E-state index in [1.54, 1.807) is 4.90 Å². The van der Waals surface area contributed by atoms with Gasteiger partial charge in [-0.25, -0.2) is 0 Å². The summed E-state index contributed by atoms with van der Waals surface area (Å²) >= 11 is 0. The van der Waals surface area contributed by atoms with E-state index in [9.17, 15) is 9.59 Å². The molecule has 0 bridgehead atoms. The van der Waals surface area contributed by atoms with Gasteiger partial charge in [-0.2, -0.15) is 0 Å². The maximum Gasteiger partial charge on any atom is 0.240 e. The predicted octanol–water partition coefficient (Wildman–Crippen LogP) is -0.121. The van der Waals surface area contributed by atoms with Crippen molar-refractivity contribution in [3.8, 4) is 0 Å². The van der Waals surface area contributed by atoms with Crippen molar-refractivity contribution in [2.24, 2.45) is 17.4 Å². The van der Waals surface area contributed by atoms with Gasteiger partial charge in [-0.3, -0.25) is 9.59 Å². The molecule has 3 atom stereocenters. The van der Waals surface area contributed by atoms with Crippen molar-refractivity contribution in [1.82, 2.24) is 4.90 Å². The first kappa shape index (κ1) is 14.1. The highest BCUT2D eigenvalue weighted by Crippen LogP contribution is 2.20. The average Bonchev–Trinajstić information content (AvgIpc) is 2.83. The minimum atomic E-state index is -0.508. The van der Waals surface area contributed by atoms with E-state index in [4.69, 9.17) is 11.5 Å². The summed E-state index contributed by atoms with van der Waals surface area (Å²) in [6, 6.07) is -0.853. The standard InChI is InChI=1S/C12H23N3O2/c1-3-8(2)11(14)12(17)15-6-4-5-9(15)10(16)7-13/h8-9,11H,3-7,13-14H2,1-2H3. The van der Waals surface area contributed by atoms with Crippen LogP contribution in [0.25, 0.3) is 0 Å². The molecular formula is C12H23N3O2. The molecule has 0 radical (unpaired) electrons. The van der Waals surface area contributed by atoms with Crippen molar-refractivity contribution >= 4 is 11.7 Å². The summed E-state index contributed by atoms with van der Waals surface area (Å²) in [4.78, 5) is 25.4. The van der Waals surface area contributed by atoms with Crippen LogP contribution in [0.15, 0.2) is 0 Å². The second-order valence-corrected chi connectivity index (χ2v) is 4.77. The van der Waals surface area contributed by atoms with Crippen LogP contribution in [-0.4, -0.2) is 41.8 Å². The van der Waals surface area contributed by atoms with Crippen LogP contribution in [0.1, 0.15) is 33.1 Å². The van der Waals surface area contributed by atoms with Crippen molar-refractivity contribution in [2.45, 2.75) is 45.2 Å². The van der Waals surface area contributed by atoms with Crippen molar-refractivity contribution in [1.29, 1.82) is 0 Å². The van der Waals surface area contributed by atoms with E-state index in [2.05, 4.69) is 0 Å². The Kier molecular flexibility index (Phi) is 5.08. The van der Waals surface area contributed by atoms with Crippen LogP contribution in [0.5, 0.6) is 0 Å². The van der Waals surface area contributed by atoms with Gasteiger partial charge in [0.15, 0.2) is 5.78 Å². The van der Waals surface area contributed by atoms with Crippen LogP contribution in [0, 0.1) is 5.92 Å². The minimum absolute atomic E-state index is 0.00693. The molecule has 0 aromatic heterocycles. The Morgan fingerprint density at radius 2 is 2.12 bits per heavy atom. The first-order valence-electron chi connectivity index (χ1n) is 6.31. The van der Waals surface area contributed by atoms with Crippen LogP contribution in [0.2, 0.25) is 0 Å². The van der Waals surface area contributed by atoms with E-state index in [0.29, 0.717) is 6.54 Å². The molecule has 5 nitrogen and oxygen atoms in total. The molecule has 3 unspecified atom stereocenters. The highest BCUT2D eigenvalue weighted by Gasteiger charge is 2.36. The summed E-state index contributed by atoms with van der Waals surface area (Å²) in [5.41, 5.74) is 11.3. The summed E-state index contributed by atoms with van der Waals surface area (Å²) in [6.45, 7) is 4.58. The third-order valence-electron chi connectivity index (χ3n) is 3.65. The second kappa shape index (κ2) is 6.12. The smallest absolute Gasteiger partial charge is 0.240 e. The highest BCUT2D eigenvalue weighted by atomic mass is 16.2. The first-order chi connectivity index (χ1) is 8.02. The molecule has 1 amide bonds. The fraction of sp³-hybridized carbons (Fsp3) is 0.833. The topological polar surface area (TPSA) is 89.4 Å². The van der Waals surface area contributed by atoms with E-state index in [1.165, 1.54) is 0 Å². The van der Waals surface area contributed by atoms with Gasteiger partial charge >= 0.3 is 0 Å². The second-order valence-electron chi connectivity index (χ2n) is 4.77. The van der Waals surface area contributed by atoms with E-state index in [-0.39, 0.29) is 30.2 Å². The van der Waals surface area contributed by atoms with Gasteiger partial charge in [0.1, 0.15) is 0 Å². The van der Waals surface area contributed by atoms with Gasteiger partial charge in [-0.1, -0.05) is 20.3 Å². The molecular weight excluding hydrogens is 218 g/mol. The van der Waals surface area contributed by atoms with Gasteiger partial charge < -0.3 is 16.4 Å². The summed E-state index contributed by atoms with van der Waals surface area (Å²) < 4.78 is 0. The number of nitrogens with two attached hydrogens (primary N) is 2. The van der Waals surface area contributed by atoms with Crippen LogP contribution < -0.4 is 11.5 Å². The Balaban J connectivity index is 2.71. The highest BCUT2D eigenvalue weighted by molar-refractivity contribution is 5.92. The number of carbonyl (C=O) groups excluding carboxylic acids is 2. The molecule has 1 saturated heterocycles. The number of nitrogens with zero attached hydrogens (tertiary/aromatic N) is 1. The maximum absolute atomic E-state index is 12.2. The molecule has 17 heavy (non-hydrogen) atoms.